The summed E-state index contributed by atoms with van der Waals surface area (Å²) >= 11 is 0. The van der Waals surface area contributed by atoms with Gasteiger partial charge in [-0.05, 0) is 19.9 Å². The van der Waals surface area contributed by atoms with Crippen LogP contribution in [0.25, 0.3) is 0 Å². The summed E-state index contributed by atoms with van der Waals surface area (Å²) in [6.45, 7) is 3.18. The zero-order valence-electron chi connectivity index (χ0n) is 5.09. The highest BCUT2D eigenvalue weighted by Gasteiger charge is 2.01. The smallest absolute Gasteiger partial charge is 0.183 e. The van der Waals surface area contributed by atoms with Gasteiger partial charge in [0.25, 0.3) is 0 Å². The van der Waals surface area contributed by atoms with Crippen LogP contribution in [-0.4, -0.2) is 17.0 Å². The number of aliphatic hydroxyl groups is 1. The minimum atomic E-state index is -0.855. The highest BCUT2D eigenvalue weighted by molar-refractivity contribution is 5.92. The van der Waals surface area contributed by atoms with Crippen LogP contribution >= 0.6 is 0 Å². The molecule has 0 bridgehead atoms. The molecule has 46 valence electrons. The predicted molar refractivity (Wildman–Crippen MR) is 31.5 cm³/mol. The molecule has 0 saturated carbocycles. The lowest BCUT2D eigenvalue weighted by Crippen LogP contribution is -2.12. The first kappa shape index (κ1) is 7.37. The van der Waals surface area contributed by atoms with Crippen LogP contribution in [0.1, 0.15) is 13.8 Å². The molecule has 2 heteroatoms. The van der Waals surface area contributed by atoms with E-state index in [2.05, 4.69) is 0 Å². The molecule has 0 aliphatic heterocycles. The Morgan fingerprint density at radius 2 is 2.25 bits per heavy atom. The lowest BCUT2D eigenvalue weighted by molar-refractivity contribution is -0.121. The lowest BCUT2D eigenvalue weighted by atomic mass is 10.2. The van der Waals surface area contributed by atoms with Crippen molar-refractivity contribution in [3.05, 3.63) is 12.2 Å². The number of allylic oxidation sites excluding steroid dienone is 1. The SMILES string of the molecule is C/C=C/C(=O)[C@H](C)O. The van der Waals surface area contributed by atoms with Crippen molar-refractivity contribution in [2.75, 3.05) is 0 Å². The van der Waals surface area contributed by atoms with Gasteiger partial charge in [-0.25, -0.2) is 0 Å². The van der Waals surface area contributed by atoms with Crippen molar-refractivity contribution in [2.24, 2.45) is 0 Å². The molecule has 0 amide bonds. The van der Waals surface area contributed by atoms with Gasteiger partial charge in [0.05, 0.1) is 0 Å². The molecule has 0 aromatic carbocycles. The molecule has 2 nitrogen and oxygen atoms in total. The van der Waals surface area contributed by atoms with Crippen molar-refractivity contribution in [1.82, 2.24) is 0 Å². The van der Waals surface area contributed by atoms with E-state index in [1.165, 1.54) is 13.0 Å². The molecule has 0 saturated heterocycles. The predicted octanol–water partition coefficient (Wildman–Crippen LogP) is 0.512. The molecule has 0 unspecified atom stereocenters. The second-order valence-corrected chi connectivity index (χ2v) is 1.58. The molecule has 0 heterocycles. The third-order valence-electron chi connectivity index (χ3n) is 0.743. The van der Waals surface area contributed by atoms with Crippen LogP contribution in [0.2, 0.25) is 0 Å². The third-order valence-corrected chi connectivity index (χ3v) is 0.743. The summed E-state index contributed by atoms with van der Waals surface area (Å²) in [5, 5.41) is 8.55. The molecule has 0 rings (SSSR count). The maximum Gasteiger partial charge on any atom is 0.183 e. The monoisotopic (exact) mass is 114 g/mol. The van der Waals surface area contributed by atoms with Gasteiger partial charge in [-0.15, -0.1) is 0 Å². The van der Waals surface area contributed by atoms with Gasteiger partial charge in [-0.1, -0.05) is 6.08 Å². The summed E-state index contributed by atoms with van der Waals surface area (Å²) in [6, 6.07) is 0. The summed E-state index contributed by atoms with van der Waals surface area (Å²) in [6.07, 6.45) is 2.10. The van der Waals surface area contributed by atoms with Crippen molar-refractivity contribution in [1.29, 1.82) is 0 Å². The van der Waals surface area contributed by atoms with Crippen molar-refractivity contribution in [2.45, 2.75) is 20.0 Å². The van der Waals surface area contributed by atoms with E-state index in [-0.39, 0.29) is 5.78 Å². The van der Waals surface area contributed by atoms with Gasteiger partial charge in [0.1, 0.15) is 6.10 Å². The fraction of sp³-hybridized carbons (Fsp3) is 0.500. The number of hydrogen-bond acceptors (Lipinski definition) is 2. The third kappa shape index (κ3) is 2.53. The lowest BCUT2D eigenvalue weighted by Gasteiger charge is -1.93. The molecule has 0 aromatic heterocycles. The Labute approximate surface area is 48.8 Å². The maximum absolute atomic E-state index is 10.4. The van der Waals surface area contributed by atoms with Gasteiger partial charge in [0, 0.05) is 0 Å². The van der Waals surface area contributed by atoms with E-state index in [4.69, 9.17) is 5.11 Å². The zero-order valence-corrected chi connectivity index (χ0v) is 5.09. The first-order chi connectivity index (χ1) is 3.68. The van der Waals surface area contributed by atoms with Crippen LogP contribution in [0.15, 0.2) is 12.2 Å². The number of carbonyl (C=O) groups excluding carboxylic acids is 1. The van der Waals surface area contributed by atoms with Crippen LogP contribution in [0.5, 0.6) is 0 Å². The number of ketones is 1. The molecule has 0 fully saturated rings. The summed E-state index contributed by atoms with van der Waals surface area (Å²) in [4.78, 5) is 10.4. The van der Waals surface area contributed by atoms with Crippen molar-refractivity contribution in [3.8, 4) is 0 Å². The molecule has 1 atom stereocenters. The molecule has 0 aromatic rings. The number of aliphatic hydroxyl groups excluding tert-OH is 1. The molecule has 8 heavy (non-hydrogen) atoms. The van der Waals surface area contributed by atoms with Crippen molar-refractivity contribution in [3.63, 3.8) is 0 Å². The number of rotatable bonds is 2. The van der Waals surface area contributed by atoms with E-state index in [1.807, 2.05) is 0 Å². The second-order valence-electron chi connectivity index (χ2n) is 1.58. The molecular formula is C6H10O2. The van der Waals surface area contributed by atoms with Gasteiger partial charge in [-0.2, -0.15) is 0 Å². The normalized spacial score (nSPS) is 14.4. The summed E-state index contributed by atoms with van der Waals surface area (Å²) in [5.41, 5.74) is 0. The van der Waals surface area contributed by atoms with Gasteiger partial charge in [-0.3, -0.25) is 4.79 Å². The van der Waals surface area contributed by atoms with E-state index in [0.29, 0.717) is 0 Å². The fourth-order valence-corrected chi connectivity index (χ4v) is 0.304. The zero-order chi connectivity index (χ0) is 6.57. The molecule has 1 N–H and O–H groups in total. The highest BCUT2D eigenvalue weighted by Crippen LogP contribution is 1.83. The Balaban J connectivity index is 3.66. The average molecular weight is 114 g/mol. The minimum absolute atomic E-state index is 0.243. The molecule has 0 aliphatic carbocycles. The molecular weight excluding hydrogens is 104 g/mol. The average Bonchev–Trinajstić information content (AvgIpc) is 1.67. The molecule has 0 aliphatic rings. The van der Waals surface area contributed by atoms with Crippen LogP contribution in [0.4, 0.5) is 0 Å². The van der Waals surface area contributed by atoms with Crippen LogP contribution in [0, 0.1) is 0 Å². The standard InChI is InChI=1S/C6H10O2/c1-3-4-6(8)5(2)7/h3-5,7H,1-2H3/b4-3+/t5-/m0/s1. The Kier molecular flexibility index (Phi) is 3.12. The topological polar surface area (TPSA) is 37.3 Å². The van der Waals surface area contributed by atoms with E-state index < -0.39 is 6.10 Å². The van der Waals surface area contributed by atoms with Crippen LogP contribution in [-0.2, 0) is 4.79 Å². The largest absolute Gasteiger partial charge is 0.385 e. The summed E-state index contributed by atoms with van der Waals surface area (Å²) in [5.74, 6) is -0.243. The van der Waals surface area contributed by atoms with Crippen LogP contribution < -0.4 is 0 Å². The summed E-state index contributed by atoms with van der Waals surface area (Å²) < 4.78 is 0. The maximum atomic E-state index is 10.4. The molecule has 0 spiro atoms. The Hall–Kier alpha value is -0.630. The fourth-order valence-electron chi connectivity index (χ4n) is 0.304. The molecule has 0 radical (unpaired) electrons. The quantitative estimate of drug-likeness (QED) is 0.531. The van der Waals surface area contributed by atoms with E-state index in [0.717, 1.165) is 0 Å². The van der Waals surface area contributed by atoms with E-state index in [1.54, 1.807) is 13.0 Å². The minimum Gasteiger partial charge on any atom is -0.385 e. The first-order valence-corrected chi connectivity index (χ1v) is 2.53. The van der Waals surface area contributed by atoms with Crippen molar-refractivity contribution < 1.29 is 9.90 Å². The van der Waals surface area contributed by atoms with Gasteiger partial charge in [0.2, 0.25) is 0 Å². The van der Waals surface area contributed by atoms with Gasteiger partial charge < -0.3 is 5.11 Å². The number of carbonyl (C=O) groups is 1. The van der Waals surface area contributed by atoms with Crippen LogP contribution in [0.3, 0.4) is 0 Å². The van der Waals surface area contributed by atoms with E-state index >= 15 is 0 Å². The first-order valence-electron chi connectivity index (χ1n) is 2.53. The second kappa shape index (κ2) is 3.38. The van der Waals surface area contributed by atoms with E-state index in [9.17, 15) is 4.79 Å². The van der Waals surface area contributed by atoms with Crippen molar-refractivity contribution >= 4 is 5.78 Å². The van der Waals surface area contributed by atoms with Gasteiger partial charge in [0.15, 0.2) is 5.78 Å². The highest BCUT2D eigenvalue weighted by atomic mass is 16.3. The Morgan fingerprint density at radius 1 is 1.75 bits per heavy atom. The number of hydrogen-bond donors (Lipinski definition) is 1. The summed E-state index contributed by atoms with van der Waals surface area (Å²) in [7, 11) is 0. The Morgan fingerprint density at radius 3 is 2.38 bits per heavy atom. The van der Waals surface area contributed by atoms with Gasteiger partial charge >= 0.3 is 0 Å². The Bertz CT molecular complexity index is 103.